The number of benzene rings is 1. The van der Waals surface area contributed by atoms with E-state index in [-0.39, 0.29) is 35.9 Å². The molecule has 1 fully saturated rings. The number of furan rings is 1. The number of carbonyl (C=O) groups excluding carboxylic acids is 1. The molecule has 0 saturated carbocycles. The molecule has 2 aromatic heterocycles. The number of aliphatic hydroxyl groups is 1. The lowest BCUT2D eigenvalue weighted by molar-refractivity contribution is -0.121. The van der Waals surface area contributed by atoms with Gasteiger partial charge >= 0.3 is 0 Å². The molecule has 1 aromatic carbocycles. The van der Waals surface area contributed by atoms with Gasteiger partial charge < -0.3 is 14.8 Å². The zero-order valence-corrected chi connectivity index (χ0v) is 13.6. The first-order valence-electron chi connectivity index (χ1n) is 8.43. The van der Waals surface area contributed by atoms with Crippen molar-refractivity contribution >= 4 is 27.9 Å². The second-order valence-corrected chi connectivity index (χ2v) is 6.47. The molecule has 0 spiro atoms. The Kier molecular flexibility index (Phi) is 4.10. The van der Waals surface area contributed by atoms with E-state index in [1.807, 2.05) is 18.2 Å². The van der Waals surface area contributed by atoms with Gasteiger partial charge in [0.05, 0.1) is 19.0 Å². The van der Waals surface area contributed by atoms with Crippen molar-refractivity contribution in [1.29, 1.82) is 0 Å². The molecule has 2 unspecified atom stereocenters. The number of hydrogen-bond donors (Lipinski definition) is 2. The van der Waals surface area contributed by atoms with E-state index in [4.69, 9.17) is 4.42 Å². The summed E-state index contributed by atoms with van der Waals surface area (Å²) >= 11 is 0. The maximum absolute atomic E-state index is 12.6. The van der Waals surface area contributed by atoms with Crippen LogP contribution >= 0.6 is 0 Å². The monoisotopic (exact) mass is 341 g/mol. The van der Waals surface area contributed by atoms with Crippen molar-refractivity contribution in [1.82, 2.24) is 14.9 Å². The van der Waals surface area contributed by atoms with Crippen LogP contribution in [0.1, 0.15) is 19.3 Å². The number of Topliss-reactive ketones (excluding diaryl/α,β-unsaturated/α-hetero) is 1. The number of para-hydroxylation sites is 1. The van der Waals surface area contributed by atoms with Gasteiger partial charge in [-0.15, -0.1) is 0 Å². The molecule has 2 atom stereocenters. The van der Waals surface area contributed by atoms with Crippen LogP contribution in [-0.2, 0) is 11.3 Å². The molecule has 0 aliphatic carbocycles. The van der Waals surface area contributed by atoms with Crippen molar-refractivity contribution < 1.29 is 14.3 Å². The lowest BCUT2D eigenvalue weighted by Gasteiger charge is -2.28. The molecule has 7 nitrogen and oxygen atoms in total. The summed E-state index contributed by atoms with van der Waals surface area (Å²) in [6, 6.07) is 7.06. The Balaban J connectivity index is 1.59. The largest absolute Gasteiger partial charge is 0.448 e. The second-order valence-electron chi connectivity index (χ2n) is 6.47. The van der Waals surface area contributed by atoms with Gasteiger partial charge in [-0.1, -0.05) is 12.1 Å². The molecule has 1 aliphatic heterocycles. The number of aliphatic hydroxyl groups excluding tert-OH is 1. The molecule has 1 aliphatic rings. The van der Waals surface area contributed by atoms with Gasteiger partial charge in [-0.05, 0) is 31.5 Å². The summed E-state index contributed by atoms with van der Waals surface area (Å²) in [4.78, 5) is 29.2. The molecule has 0 radical (unpaired) electrons. The molecular weight excluding hydrogens is 322 g/mol. The van der Waals surface area contributed by atoms with E-state index in [0.29, 0.717) is 17.5 Å². The van der Waals surface area contributed by atoms with Crippen LogP contribution in [0, 0.1) is 0 Å². The summed E-state index contributed by atoms with van der Waals surface area (Å²) < 4.78 is 6.88. The Labute approximate surface area is 143 Å². The minimum atomic E-state index is -0.523. The molecule has 130 valence electrons. The summed E-state index contributed by atoms with van der Waals surface area (Å²) in [6.07, 6.45) is 2.64. The number of hydrogen-bond acceptors (Lipinski definition) is 6. The van der Waals surface area contributed by atoms with Crippen molar-refractivity contribution in [2.75, 3.05) is 6.54 Å². The van der Waals surface area contributed by atoms with Crippen LogP contribution in [0.3, 0.4) is 0 Å². The number of nitrogens with zero attached hydrogens (tertiary/aromatic N) is 2. The van der Waals surface area contributed by atoms with Gasteiger partial charge in [0.2, 0.25) is 5.58 Å². The van der Waals surface area contributed by atoms with Gasteiger partial charge in [0, 0.05) is 17.8 Å². The summed E-state index contributed by atoms with van der Waals surface area (Å²) in [7, 11) is 0. The normalized spacial score (nSPS) is 21.0. The standard InChI is InChI=1S/C18H19N3O4/c22-11(8-13-14(23)5-3-7-19-13)9-21-10-20-16-12-4-1-2-6-15(12)25-17(16)18(21)24/h1-2,4,6,10,13-14,19,23H,3,5,7-9H2. The summed E-state index contributed by atoms with van der Waals surface area (Å²) in [5, 5.41) is 13.9. The molecule has 3 aromatic rings. The highest BCUT2D eigenvalue weighted by atomic mass is 16.3. The fourth-order valence-corrected chi connectivity index (χ4v) is 3.37. The lowest BCUT2D eigenvalue weighted by atomic mass is 9.97. The summed E-state index contributed by atoms with van der Waals surface area (Å²) in [5.41, 5.74) is 0.897. The Morgan fingerprint density at radius 3 is 3.08 bits per heavy atom. The molecule has 3 heterocycles. The fraction of sp³-hybridized carbons (Fsp3) is 0.389. The fourth-order valence-electron chi connectivity index (χ4n) is 3.37. The lowest BCUT2D eigenvalue weighted by Crippen LogP contribution is -2.46. The highest BCUT2D eigenvalue weighted by Gasteiger charge is 2.25. The van der Waals surface area contributed by atoms with Crippen LogP contribution in [0.2, 0.25) is 0 Å². The maximum Gasteiger partial charge on any atom is 0.297 e. The third kappa shape index (κ3) is 2.96. The topological polar surface area (TPSA) is 97.4 Å². The first kappa shape index (κ1) is 16.0. The smallest absolute Gasteiger partial charge is 0.297 e. The maximum atomic E-state index is 12.6. The van der Waals surface area contributed by atoms with Gasteiger partial charge in [0.25, 0.3) is 5.56 Å². The third-order valence-electron chi connectivity index (χ3n) is 4.69. The third-order valence-corrected chi connectivity index (χ3v) is 4.69. The highest BCUT2D eigenvalue weighted by Crippen LogP contribution is 2.24. The second kappa shape index (κ2) is 6.42. The Morgan fingerprint density at radius 2 is 2.24 bits per heavy atom. The van der Waals surface area contributed by atoms with Crippen molar-refractivity contribution in [3.63, 3.8) is 0 Å². The van der Waals surface area contributed by atoms with E-state index < -0.39 is 6.10 Å². The summed E-state index contributed by atoms with van der Waals surface area (Å²) in [5.74, 6) is -0.127. The van der Waals surface area contributed by atoms with Crippen molar-refractivity contribution in [2.45, 2.75) is 38.0 Å². The molecule has 0 amide bonds. The van der Waals surface area contributed by atoms with Gasteiger partial charge in [0.1, 0.15) is 11.1 Å². The number of rotatable bonds is 4. The van der Waals surface area contributed by atoms with E-state index >= 15 is 0 Å². The van der Waals surface area contributed by atoms with Crippen molar-refractivity contribution in [3.05, 3.63) is 40.9 Å². The predicted octanol–water partition coefficient (Wildman–Crippen LogP) is 1.21. The van der Waals surface area contributed by atoms with Gasteiger partial charge in [-0.2, -0.15) is 0 Å². The highest BCUT2D eigenvalue weighted by molar-refractivity contribution is 6.01. The van der Waals surface area contributed by atoms with Gasteiger partial charge in [0.15, 0.2) is 5.78 Å². The van der Waals surface area contributed by atoms with E-state index in [0.717, 1.165) is 18.4 Å². The SMILES string of the molecule is O=C(CC1NCCCC1O)Cn1cnc2c(oc3ccccc32)c1=O. The van der Waals surface area contributed by atoms with E-state index in [9.17, 15) is 14.7 Å². The van der Waals surface area contributed by atoms with Crippen LogP contribution in [0.25, 0.3) is 22.1 Å². The molecule has 2 N–H and O–H groups in total. The predicted molar refractivity (Wildman–Crippen MR) is 92.4 cm³/mol. The number of aromatic nitrogens is 2. The van der Waals surface area contributed by atoms with Gasteiger partial charge in [-0.25, -0.2) is 4.98 Å². The minimum absolute atomic E-state index is 0.0796. The quantitative estimate of drug-likeness (QED) is 0.740. The van der Waals surface area contributed by atoms with Crippen LogP contribution in [0.15, 0.2) is 39.8 Å². The summed E-state index contributed by atoms with van der Waals surface area (Å²) in [6.45, 7) is 0.713. The molecule has 7 heteroatoms. The van der Waals surface area contributed by atoms with Crippen LogP contribution in [-0.4, -0.2) is 39.1 Å². The number of carbonyl (C=O) groups is 1. The van der Waals surface area contributed by atoms with Crippen LogP contribution in [0.4, 0.5) is 0 Å². The van der Waals surface area contributed by atoms with Crippen LogP contribution < -0.4 is 10.9 Å². The van der Waals surface area contributed by atoms with E-state index in [1.54, 1.807) is 6.07 Å². The van der Waals surface area contributed by atoms with E-state index in [1.165, 1.54) is 10.9 Å². The average molecular weight is 341 g/mol. The number of ketones is 1. The van der Waals surface area contributed by atoms with E-state index in [2.05, 4.69) is 10.3 Å². The van der Waals surface area contributed by atoms with Crippen molar-refractivity contribution in [2.24, 2.45) is 0 Å². The Hall–Kier alpha value is -2.51. The molecule has 25 heavy (non-hydrogen) atoms. The van der Waals surface area contributed by atoms with Gasteiger partial charge in [-0.3, -0.25) is 14.2 Å². The zero-order chi connectivity index (χ0) is 17.4. The number of piperidine rings is 1. The number of fused-ring (bicyclic) bond motifs is 3. The van der Waals surface area contributed by atoms with Crippen molar-refractivity contribution in [3.8, 4) is 0 Å². The molecule has 0 bridgehead atoms. The first-order chi connectivity index (χ1) is 12.1. The molecular formula is C18H19N3O4. The molecule has 4 rings (SSSR count). The Morgan fingerprint density at radius 1 is 1.40 bits per heavy atom. The molecule has 1 saturated heterocycles. The first-order valence-corrected chi connectivity index (χ1v) is 8.43. The van der Waals surface area contributed by atoms with Crippen LogP contribution in [0.5, 0.6) is 0 Å². The Bertz CT molecular complexity index is 991. The number of nitrogens with one attached hydrogen (secondary N) is 1. The average Bonchev–Trinajstić information content (AvgIpc) is 2.99. The zero-order valence-electron chi connectivity index (χ0n) is 13.6. The minimum Gasteiger partial charge on any atom is -0.448 e.